The molecule has 0 radical (unpaired) electrons. The highest BCUT2D eigenvalue weighted by Crippen LogP contribution is 2.21. The zero-order valence-corrected chi connectivity index (χ0v) is 19.5. The van der Waals surface area contributed by atoms with Gasteiger partial charge in [-0.3, -0.25) is 4.79 Å². The number of hydrogen-bond donors (Lipinski definition) is 1. The summed E-state index contributed by atoms with van der Waals surface area (Å²) in [7, 11) is -1.62. The van der Waals surface area contributed by atoms with Crippen LogP contribution in [0.5, 0.6) is 0 Å². The first-order valence-electron chi connectivity index (χ1n) is 10.9. The van der Waals surface area contributed by atoms with Gasteiger partial charge in [-0.1, -0.05) is 49.7 Å². The predicted molar refractivity (Wildman–Crippen MR) is 124 cm³/mol. The molecule has 0 bridgehead atoms. The fraction of sp³-hybridized carbons (Fsp3) is 0.458. The van der Waals surface area contributed by atoms with Crippen LogP contribution in [-0.4, -0.2) is 63.3 Å². The Kier molecular flexibility index (Phi) is 7.86. The lowest BCUT2D eigenvalue weighted by atomic mass is 9.96. The van der Waals surface area contributed by atoms with Crippen molar-refractivity contribution in [1.29, 1.82) is 0 Å². The van der Waals surface area contributed by atoms with E-state index >= 15 is 0 Å². The van der Waals surface area contributed by atoms with Gasteiger partial charge >= 0.3 is 0 Å². The fourth-order valence-corrected chi connectivity index (χ4v) is 5.27. The third-order valence-electron chi connectivity index (χ3n) is 6.05. The molecular formula is C24H33N3O3S. The summed E-state index contributed by atoms with van der Waals surface area (Å²) in [6.45, 7) is 6.85. The number of nitrogens with zero attached hydrogens (tertiary/aromatic N) is 2. The predicted octanol–water partition coefficient (Wildman–Crippen LogP) is 2.93. The molecule has 2 aromatic rings. The Hall–Kier alpha value is -2.22. The fourth-order valence-electron chi connectivity index (χ4n) is 3.82. The molecule has 0 aliphatic carbocycles. The van der Waals surface area contributed by atoms with Gasteiger partial charge in [-0.25, -0.2) is 8.42 Å². The van der Waals surface area contributed by atoms with Crippen molar-refractivity contribution in [3.8, 4) is 0 Å². The van der Waals surface area contributed by atoms with Crippen LogP contribution in [0.4, 0.5) is 0 Å². The summed E-state index contributed by atoms with van der Waals surface area (Å²) in [6.07, 6.45) is 1.85. The van der Waals surface area contributed by atoms with Gasteiger partial charge in [-0.05, 0) is 49.6 Å². The molecule has 1 fully saturated rings. The summed E-state index contributed by atoms with van der Waals surface area (Å²) in [4.78, 5) is 15.2. The molecule has 0 unspecified atom stereocenters. The van der Waals surface area contributed by atoms with Crippen molar-refractivity contribution in [2.75, 3.05) is 39.8 Å². The largest absolute Gasteiger partial charge is 0.352 e. The zero-order chi connectivity index (χ0) is 22.4. The van der Waals surface area contributed by atoms with Crippen molar-refractivity contribution in [3.63, 3.8) is 0 Å². The van der Waals surface area contributed by atoms with Crippen LogP contribution >= 0.6 is 0 Å². The van der Waals surface area contributed by atoms with Crippen LogP contribution in [0, 0.1) is 12.8 Å². The minimum Gasteiger partial charge on any atom is -0.352 e. The van der Waals surface area contributed by atoms with Gasteiger partial charge in [0.15, 0.2) is 0 Å². The van der Waals surface area contributed by atoms with Crippen molar-refractivity contribution in [2.24, 2.45) is 5.92 Å². The molecule has 1 saturated heterocycles. The van der Waals surface area contributed by atoms with Gasteiger partial charge in [-0.2, -0.15) is 4.31 Å². The lowest BCUT2D eigenvalue weighted by Crippen LogP contribution is -2.47. The van der Waals surface area contributed by atoms with Crippen LogP contribution in [0.2, 0.25) is 0 Å². The van der Waals surface area contributed by atoms with E-state index in [4.69, 9.17) is 0 Å². The average molecular weight is 444 g/mol. The van der Waals surface area contributed by atoms with Gasteiger partial charge in [0.05, 0.1) is 4.90 Å². The molecule has 1 aliphatic rings. The minimum atomic E-state index is -3.61. The summed E-state index contributed by atoms with van der Waals surface area (Å²) in [6, 6.07) is 15.1. The van der Waals surface area contributed by atoms with Crippen LogP contribution in [0.15, 0.2) is 53.4 Å². The van der Waals surface area contributed by atoms with Crippen molar-refractivity contribution in [2.45, 2.75) is 31.6 Å². The van der Waals surface area contributed by atoms with Gasteiger partial charge in [0.2, 0.25) is 10.0 Å². The summed E-state index contributed by atoms with van der Waals surface area (Å²) < 4.78 is 27.6. The van der Waals surface area contributed by atoms with Crippen LogP contribution in [0.1, 0.15) is 34.8 Å². The zero-order valence-electron chi connectivity index (χ0n) is 18.7. The monoisotopic (exact) mass is 443 g/mol. The SMILES string of the molecule is CC[C@H](CNC(=O)c1cc(S(=O)(=O)N2CCN(C)CC2)ccc1C)Cc1ccccc1. The van der Waals surface area contributed by atoms with Gasteiger partial charge < -0.3 is 10.2 Å². The first-order valence-corrected chi connectivity index (χ1v) is 12.4. The first kappa shape index (κ1) is 23.4. The smallest absolute Gasteiger partial charge is 0.251 e. The molecule has 1 aliphatic heterocycles. The molecule has 6 nitrogen and oxygen atoms in total. The standard InChI is InChI=1S/C24H33N3O3S/c1-4-20(16-21-8-6-5-7-9-21)18-25-24(28)23-17-22(11-10-19(23)2)31(29,30)27-14-12-26(3)13-15-27/h5-11,17,20H,4,12-16,18H2,1-3H3,(H,25,28)/t20-/m0/s1. The third kappa shape index (κ3) is 5.93. The second-order valence-corrected chi connectivity index (χ2v) is 10.3. The highest BCUT2D eigenvalue weighted by molar-refractivity contribution is 7.89. The van der Waals surface area contributed by atoms with E-state index in [9.17, 15) is 13.2 Å². The van der Waals surface area contributed by atoms with Crippen molar-refractivity contribution in [3.05, 3.63) is 65.2 Å². The molecule has 31 heavy (non-hydrogen) atoms. The van der Waals surface area contributed by atoms with E-state index in [-0.39, 0.29) is 10.8 Å². The van der Waals surface area contributed by atoms with E-state index in [1.165, 1.54) is 15.9 Å². The van der Waals surface area contributed by atoms with Crippen molar-refractivity contribution < 1.29 is 13.2 Å². The number of sulfonamides is 1. The van der Waals surface area contributed by atoms with Crippen LogP contribution in [0.25, 0.3) is 0 Å². The number of rotatable bonds is 8. The molecule has 0 saturated carbocycles. The second kappa shape index (κ2) is 10.4. The first-order chi connectivity index (χ1) is 14.8. The molecule has 168 valence electrons. The van der Waals surface area contributed by atoms with Crippen molar-refractivity contribution in [1.82, 2.24) is 14.5 Å². The Balaban J connectivity index is 1.69. The number of piperazine rings is 1. The summed E-state index contributed by atoms with van der Waals surface area (Å²) in [5.41, 5.74) is 2.44. The molecular weight excluding hydrogens is 410 g/mol. The van der Waals surface area contributed by atoms with Crippen LogP contribution in [-0.2, 0) is 16.4 Å². The summed E-state index contributed by atoms with van der Waals surface area (Å²) >= 11 is 0. The Morgan fingerprint density at radius 2 is 1.74 bits per heavy atom. The molecule has 0 spiro atoms. The van der Waals surface area contributed by atoms with Gasteiger partial charge in [-0.15, -0.1) is 0 Å². The topological polar surface area (TPSA) is 69.7 Å². The van der Waals surface area contributed by atoms with Gasteiger partial charge in [0, 0.05) is 38.3 Å². The number of likely N-dealkylation sites (N-methyl/N-ethyl adjacent to an activating group) is 1. The third-order valence-corrected chi connectivity index (χ3v) is 7.94. The van der Waals surface area contributed by atoms with Gasteiger partial charge in [0.25, 0.3) is 5.91 Å². The second-order valence-electron chi connectivity index (χ2n) is 8.36. The van der Waals surface area contributed by atoms with E-state index < -0.39 is 10.0 Å². The number of aryl methyl sites for hydroxylation is 1. The quantitative estimate of drug-likeness (QED) is 0.681. The summed E-state index contributed by atoms with van der Waals surface area (Å²) in [5.74, 6) is 0.100. The number of benzene rings is 2. The van der Waals surface area contributed by atoms with Crippen molar-refractivity contribution >= 4 is 15.9 Å². The average Bonchev–Trinajstić information content (AvgIpc) is 2.77. The number of carbonyl (C=O) groups excluding carboxylic acids is 1. The maximum absolute atomic E-state index is 13.1. The van der Waals surface area contributed by atoms with Crippen LogP contribution < -0.4 is 5.32 Å². The number of nitrogens with one attached hydrogen (secondary N) is 1. The minimum absolute atomic E-state index is 0.184. The number of hydrogen-bond acceptors (Lipinski definition) is 4. The molecule has 2 aromatic carbocycles. The molecule has 1 atom stereocenters. The normalized spacial score (nSPS) is 16.7. The maximum Gasteiger partial charge on any atom is 0.251 e. The molecule has 1 amide bonds. The van der Waals surface area contributed by atoms with Gasteiger partial charge in [0.1, 0.15) is 0 Å². The Morgan fingerprint density at radius 1 is 1.06 bits per heavy atom. The van der Waals surface area contributed by atoms with E-state index in [0.717, 1.165) is 18.4 Å². The van der Waals surface area contributed by atoms with E-state index in [0.29, 0.717) is 44.2 Å². The van der Waals surface area contributed by atoms with Crippen LogP contribution in [0.3, 0.4) is 0 Å². The Labute approximate surface area is 186 Å². The maximum atomic E-state index is 13.1. The highest BCUT2D eigenvalue weighted by atomic mass is 32.2. The van der Waals surface area contributed by atoms with E-state index in [2.05, 4.69) is 29.3 Å². The van der Waals surface area contributed by atoms with E-state index in [1.54, 1.807) is 12.1 Å². The molecule has 7 heteroatoms. The summed E-state index contributed by atoms with van der Waals surface area (Å²) in [5, 5.41) is 3.02. The Morgan fingerprint density at radius 3 is 2.39 bits per heavy atom. The lowest BCUT2D eigenvalue weighted by molar-refractivity contribution is 0.0946. The van der Waals surface area contributed by atoms with E-state index in [1.807, 2.05) is 32.2 Å². The molecule has 1 N–H and O–H groups in total. The lowest BCUT2D eigenvalue weighted by Gasteiger charge is -2.31. The molecule has 0 aromatic heterocycles. The number of carbonyl (C=O) groups is 1. The number of amides is 1. The Bertz CT molecular complexity index is 984. The molecule has 1 heterocycles. The highest BCUT2D eigenvalue weighted by Gasteiger charge is 2.28. The molecule has 3 rings (SSSR count).